The fraction of sp³-hybridized carbons (Fsp3) is 0.256. The predicted octanol–water partition coefficient (Wildman–Crippen LogP) is 6.87. The van der Waals surface area contributed by atoms with Crippen molar-refractivity contribution in [1.29, 1.82) is 0 Å². The molecule has 6 N–H and O–H groups in total. The van der Waals surface area contributed by atoms with Crippen LogP contribution in [0.2, 0.25) is 0 Å². The second-order valence-electron chi connectivity index (χ2n) is 11.1. The van der Waals surface area contributed by atoms with Crippen LogP contribution < -0.4 is 26.7 Å². The summed E-state index contributed by atoms with van der Waals surface area (Å²) >= 11 is 0. The number of ether oxygens (including phenoxy) is 5. The molecule has 0 amide bonds. The van der Waals surface area contributed by atoms with Gasteiger partial charge in [0, 0.05) is 35.1 Å². The highest BCUT2D eigenvalue weighted by Gasteiger charge is 2.11. The van der Waals surface area contributed by atoms with Crippen LogP contribution in [0.4, 0.5) is 17.1 Å². The monoisotopic (exact) mass is 683 g/mol. The molecule has 0 aromatic heterocycles. The molecule has 0 heterocycles. The average molecular weight is 684 g/mol. The number of hydrogen-bond acceptors (Lipinski definition) is 11. The molecule has 0 bridgehead atoms. The number of carbonyl (C=O) groups excluding carboxylic acids is 3. The van der Waals surface area contributed by atoms with Gasteiger partial charge in [0.2, 0.25) is 0 Å². The summed E-state index contributed by atoms with van der Waals surface area (Å²) in [5, 5.41) is 0. The van der Waals surface area contributed by atoms with Gasteiger partial charge in [-0.15, -0.1) is 0 Å². The van der Waals surface area contributed by atoms with E-state index in [-0.39, 0.29) is 24.7 Å². The second kappa shape index (κ2) is 19.8. The fourth-order valence-electron chi connectivity index (χ4n) is 4.55. The van der Waals surface area contributed by atoms with Crippen LogP contribution in [0.1, 0.15) is 58.0 Å². The molecule has 50 heavy (non-hydrogen) atoms. The number of nitrogen functional groups attached to an aromatic ring is 3. The third kappa shape index (κ3) is 12.2. The van der Waals surface area contributed by atoms with Crippen molar-refractivity contribution in [3.05, 3.63) is 107 Å². The van der Waals surface area contributed by atoms with E-state index in [1.165, 1.54) is 18.2 Å². The first-order chi connectivity index (χ1) is 24.0. The van der Waals surface area contributed by atoms with E-state index in [9.17, 15) is 14.4 Å². The van der Waals surface area contributed by atoms with E-state index >= 15 is 0 Å². The molecule has 0 aliphatic heterocycles. The number of unbranched alkanes of at least 4 members (excludes halogenated alkanes) is 1. The maximum atomic E-state index is 12.1. The number of rotatable bonds is 14. The Morgan fingerprint density at radius 3 is 1.96 bits per heavy atom. The van der Waals surface area contributed by atoms with Gasteiger partial charge in [0.05, 0.1) is 45.2 Å². The molecule has 11 heteroatoms. The lowest BCUT2D eigenvalue weighted by Gasteiger charge is -2.09. The lowest BCUT2D eigenvalue weighted by atomic mass is 10.0. The Hall–Kier alpha value is -5.97. The first kappa shape index (κ1) is 38.5. The Labute approximate surface area is 292 Å². The lowest BCUT2D eigenvalue weighted by molar-refractivity contribution is -0.137. The molecule has 0 aliphatic carbocycles. The molecule has 264 valence electrons. The minimum absolute atomic E-state index is 0.0885. The number of carbonyl (C=O) groups is 3. The van der Waals surface area contributed by atoms with E-state index in [4.69, 9.17) is 40.9 Å². The standard InChI is InChI=1S/C27H28N2O6.C12H17NO2/c1-32-24-9-6-18(7-10-24)20-5-4-19(25(16-20)33-2)8-11-26(30)34-12-3-13-35-27(31)21-14-22(28)17-23(29)15-21;1-3-4-7-15-12(14)10-6-5-9(2)8-11(10)13/h4-11,14-17H,3,12-13,28-29H2,1-2H3;5-6,8H,3-4,7,13H2,1-2H3/b11-8+;. The van der Waals surface area contributed by atoms with Crippen LogP contribution in [-0.2, 0) is 19.0 Å². The molecule has 0 aliphatic rings. The minimum atomic E-state index is -0.541. The largest absolute Gasteiger partial charge is 0.497 e. The van der Waals surface area contributed by atoms with E-state index in [0.29, 0.717) is 41.4 Å². The topological polar surface area (TPSA) is 175 Å². The normalized spacial score (nSPS) is 10.5. The molecule has 0 spiro atoms. The predicted molar refractivity (Wildman–Crippen MR) is 196 cm³/mol. The van der Waals surface area contributed by atoms with Gasteiger partial charge in [0.1, 0.15) is 11.5 Å². The molecule has 0 saturated heterocycles. The van der Waals surface area contributed by atoms with Crippen molar-refractivity contribution < 1.29 is 38.1 Å². The van der Waals surface area contributed by atoms with Gasteiger partial charge in [0.15, 0.2) is 0 Å². The highest BCUT2D eigenvalue weighted by molar-refractivity contribution is 5.95. The number of anilines is 3. The van der Waals surface area contributed by atoms with Gasteiger partial charge in [-0.1, -0.05) is 43.7 Å². The maximum absolute atomic E-state index is 12.1. The molecular weight excluding hydrogens is 638 g/mol. The zero-order valence-electron chi connectivity index (χ0n) is 28.9. The van der Waals surface area contributed by atoms with E-state index < -0.39 is 11.9 Å². The van der Waals surface area contributed by atoms with Crippen molar-refractivity contribution in [2.45, 2.75) is 33.1 Å². The van der Waals surface area contributed by atoms with Crippen molar-refractivity contribution >= 4 is 41.0 Å². The maximum Gasteiger partial charge on any atom is 0.340 e. The minimum Gasteiger partial charge on any atom is -0.497 e. The molecule has 0 fully saturated rings. The van der Waals surface area contributed by atoms with Gasteiger partial charge < -0.3 is 40.9 Å². The summed E-state index contributed by atoms with van der Waals surface area (Å²) in [6.45, 7) is 4.63. The lowest BCUT2D eigenvalue weighted by Crippen LogP contribution is -2.10. The van der Waals surface area contributed by atoms with E-state index in [1.807, 2.05) is 62.4 Å². The molecule has 4 aromatic carbocycles. The third-order valence-electron chi connectivity index (χ3n) is 7.19. The summed E-state index contributed by atoms with van der Waals surface area (Å²) < 4.78 is 26.1. The number of esters is 3. The van der Waals surface area contributed by atoms with Crippen molar-refractivity contribution in [3.8, 4) is 22.6 Å². The first-order valence-electron chi connectivity index (χ1n) is 16.1. The van der Waals surface area contributed by atoms with Gasteiger partial charge >= 0.3 is 17.9 Å². The molecule has 0 unspecified atom stereocenters. The zero-order valence-corrected chi connectivity index (χ0v) is 28.9. The van der Waals surface area contributed by atoms with Crippen LogP contribution in [0.5, 0.6) is 11.5 Å². The second-order valence-corrected chi connectivity index (χ2v) is 11.1. The third-order valence-corrected chi connectivity index (χ3v) is 7.19. The summed E-state index contributed by atoms with van der Waals surface area (Å²) in [6.07, 6.45) is 5.20. The average Bonchev–Trinajstić information content (AvgIpc) is 3.10. The number of aryl methyl sites for hydroxylation is 1. The van der Waals surface area contributed by atoms with Crippen LogP contribution in [0.15, 0.2) is 84.9 Å². The highest BCUT2D eigenvalue weighted by Crippen LogP contribution is 2.29. The highest BCUT2D eigenvalue weighted by atomic mass is 16.5. The number of benzene rings is 4. The Bertz CT molecular complexity index is 1750. The Morgan fingerprint density at radius 1 is 0.680 bits per heavy atom. The molecule has 0 saturated carbocycles. The molecule has 0 atom stereocenters. The summed E-state index contributed by atoms with van der Waals surface area (Å²) in [7, 11) is 3.20. The number of nitrogens with two attached hydrogens (primary N) is 3. The van der Waals surface area contributed by atoms with Crippen LogP contribution >= 0.6 is 0 Å². The van der Waals surface area contributed by atoms with Gasteiger partial charge in [-0.25, -0.2) is 14.4 Å². The molecule has 11 nitrogen and oxygen atoms in total. The molecular formula is C39H45N3O8. The van der Waals surface area contributed by atoms with Crippen LogP contribution in [0, 0.1) is 6.92 Å². The van der Waals surface area contributed by atoms with E-state index in [1.54, 1.807) is 38.5 Å². The summed E-state index contributed by atoms with van der Waals surface area (Å²) in [5.41, 5.74) is 22.8. The molecule has 4 rings (SSSR count). The SMILES string of the molecule is CCCCOC(=O)c1ccc(C)cc1N.COc1ccc(-c2ccc(/C=C/C(=O)OCCCOC(=O)c3cc(N)cc(N)c3)c(OC)c2)cc1. The quantitative estimate of drug-likeness (QED) is 0.0416. The molecule has 0 radical (unpaired) electrons. The van der Waals surface area contributed by atoms with Gasteiger partial charge in [-0.2, -0.15) is 0 Å². The number of methoxy groups -OCH3 is 2. The van der Waals surface area contributed by atoms with Crippen molar-refractivity contribution in [2.75, 3.05) is 51.2 Å². The molecule has 4 aromatic rings. The first-order valence-corrected chi connectivity index (χ1v) is 16.1. The van der Waals surface area contributed by atoms with Crippen LogP contribution in [0.25, 0.3) is 17.2 Å². The Kier molecular flexibility index (Phi) is 15.2. The van der Waals surface area contributed by atoms with Crippen LogP contribution in [0.3, 0.4) is 0 Å². The van der Waals surface area contributed by atoms with Crippen LogP contribution in [-0.4, -0.2) is 51.9 Å². The van der Waals surface area contributed by atoms with Crippen molar-refractivity contribution in [1.82, 2.24) is 0 Å². The van der Waals surface area contributed by atoms with E-state index in [0.717, 1.165) is 40.8 Å². The number of hydrogen-bond donors (Lipinski definition) is 3. The summed E-state index contributed by atoms with van der Waals surface area (Å²) in [6, 6.07) is 23.3. The van der Waals surface area contributed by atoms with Crippen molar-refractivity contribution in [3.63, 3.8) is 0 Å². The van der Waals surface area contributed by atoms with Gasteiger partial charge in [-0.05, 0) is 84.6 Å². The van der Waals surface area contributed by atoms with Crippen molar-refractivity contribution in [2.24, 2.45) is 0 Å². The van der Waals surface area contributed by atoms with E-state index in [2.05, 4.69) is 0 Å². The smallest absolute Gasteiger partial charge is 0.340 e. The fourth-order valence-corrected chi connectivity index (χ4v) is 4.55. The summed E-state index contributed by atoms with van der Waals surface area (Å²) in [4.78, 5) is 35.6. The summed E-state index contributed by atoms with van der Waals surface area (Å²) in [5.74, 6) is 0.0162. The van der Waals surface area contributed by atoms with Gasteiger partial charge in [0.25, 0.3) is 0 Å². The Balaban J connectivity index is 0.000000376. The Morgan fingerprint density at radius 2 is 1.32 bits per heavy atom. The van der Waals surface area contributed by atoms with Gasteiger partial charge in [-0.3, -0.25) is 0 Å². The zero-order chi connectivity index (χ0) is 36.5.